The van der Waals surface area contributed by atoms with Crippen LogP contribution in [-0.4, -0.2) is 18.0 Å². The highest BCUT2D eigenvalue weighted by molar-refractivity contribution is 9.10. The third-order valence-corrected chi connectivity index (χ3v) is 2.98. The molecule has 0 fully saturated rings. The minimum absolute atomic E-state index is 0.205. The Bertz CT molecular complexity index is 587. The maximum absolute atomic E-state index is 11.9. The molecule has 2 aromatic rings. The van der Waals surface area contributed by atoms with Gasteiger partial charge in [-0.05, 0) is 45.8 Å². The van der Waals surface area contributed by atoms with Gasteiger partial charge in [0.1, 0.15) is 16.0 Å². The Morgan fingerprint density at radius 1 is 1.32 bits per heavy atom. The highest BCUT2D eigenvalue weighted by atomic mass is 79.9. The third kappa shape index (κ3) is 3.79. The van der Waals surface area contributed by atoms with Gasteiger partial charge in [0.2, 0.25) is 0 Å². The van der Waals surface area contributed by atoms with Crippen LogP contribution >= 0.6 is 15.9 Å². The van der Waals surface area contributed by atoms with Crippen molar-refractivity contribution in [3.8, 4) is 5.75 Å². The number of hydrogen-bond donors (Lipinski definition) is 1. The fourth-order valence-corrected chi connectivity index (χ4v) is 1.93. The van der Waals surface area contributed by atoms with Gasteiger partial charge < -0.3 is 10.1 Å². The number of methoxy groups -OCH3 is 1. The first-order valence-corrected chi connectivity index (χ1v) is 6.52. The molecule has 1 aromatic carbocycles. The van der Waals surface area contributed by atoms with E-state index in [9.17, 15) is 4.79 Å². The largest absolute Gasteiger partial charge is 0.497 e. The Kier molecular flexibility index (Phi) is 4.52. The maximum atomic E-state index is 11.9. The van der Waals surface area contributed by atoms with E-state index in [1.807, 2.05) is 24.3 Å². The summed E-state index contributed by atoms with van der Waals surface area (Å²) < 4.78 is 5.77. The van der Waals surface area contributed by atoms with E-state index in [-0.39, 0.29) is 5.91 Å². The summed E-state index contributed by atoms with van der Waals surface area (Å²) in [6.07, 6.45) is 0. The second-order valence-corrected chi connectivity index (χ2v) is 4.69. The molecule has 19 heavy (non-hydrogen) atoms. The molecule has 0 spiro atoms. The monoisotopic (exact) mass is 320 g/mol. The predicted molar refractivity (Wildman–Crippen MR) is 76.1 cm³/mol. The SMILES string of the molecule is COc1cccc(CNC(=O)c2cccc(Br)n2)c1. The summed E-state index contributed by atoms with van der Waals surface area (Å²) in [4.78, 5) is 16.0. The molecule has 1 amide bonds. The summed E-state index contributed by atoms with van der Waals surface area (Å²) in [5.41, 5.74) is 1.36. The number of nitrogens with zero attached hydrogens (tertiary/aromatic N) is 1. The lowest BCUT2D eigenvalue weighted by Gasteiger charge is -2.06. The number of amides is 1. The zero-order chi connectivity index (χ0) is 13.7. The quantitative estimate of drug-likeness (QED) is 0.881. The van der Waals surface area contributed by atoms with E-state index < -0.39 is 0 Å². The second-order valence-electron chi connectivity index (χ2n) is 3.88. The summed E-state index contributed by atoms with van der Waals surface area (Å²) in [5, 5.41) is 2.82. The van der Waals surface area contributed by atoms with Gasteiger partial charge in [-0.15, -0.1) is 0 Å². The average molecular weight is 321 g/mol. The molecule has 0 aliphatic rings. The molecule has 0 aliphatic heterocycles. The van der Waals surface area contributed by atoms with Gasteiger partial charge >= 0.3 is 0 Å². The minimum Gasteiger partial charge on any atom is -0.497 e. The molecule has 1 N–H and O–H groups in total. The fraction of sp³-hybridized carbons (Fsp3) is 0.143. The van der Waals surface area contributed by atoms with E-state index in [1.54, 1.807) is 25.3 Å². The molecule has 98 valence electrons. The Labute approximate surface area is 119 Å². The predicted octanol–water partition coefficient (Wildman–Crippen LogP) is 2.78. The number of aromatic nitrogens is 1. The molecule has 5 heteroatoms. The third-order valence-electron chi connectivity index (χ3n) is 2.53. The number of ether oxygens (including phenoxy) is 1. The number of pyridine rings is 1. The van der Waals surface area contributed by atoms with Crippen molar-refractivity contribution >= 4 is 21.8 Å². The van der Waals surface area contributed by atoms with Crippen molar-refractivity contribution < 1.29 is 9.53 Å². The van der Waals surface area contributed by atoms with Crippen LogP contribution in [0.5, 0.6) is 5.75 Å². The molecule has 0 unspecified atom stereocenters. The molecule has 1 aromatic heterocycles. The van der Waals surface area contributed by atoms with Gasteiger partial charge in [-0.3, -0.25) is 4.79 Å². The summed E-state index contributed by atoms with van der Waals surface area (Å²) in [7, 11) is 1.61. The lowest BCUT2D eigenvalue weighted by atomic mass is 10.2. The van der Waals surface area contributed by atoms with E-state index in [1.165, 1.54) is 0 Å². The number of benzene rings is 1. The molecule has 4 nitrogen and oxygen atoms in total. The minimum atomic E-state index is -0.205. The number of nitrogens with one attached hydrogen (secondary N) is 1. The molecule has 0 atom stereocenters. The molecule has 0 aliphatic carbocycles. The van der Waals surface area contributed by atoms with Crippen molar-refractivity contribution in [2.75, 3.05) is 7.11 Å². The van der Waals surface area contributed by atoms with Gasteiger partial charge in [0.05, 0.1) is 7.11 Å². The van der Waals surface area contributed by atoms with Crippen LogP contribution in [0, 0.1) is 0 Å². The van der Waals surface area contributed by atoms with E-state index in [0.29, 0.717) is 16.8 Å². The van der Waals surface area contributed by atoms with Crippen molar-refractivity contribution in [2.45, 2.75) is 6.54 Å². The van der Waals surface area contributed by atoms with Gasteiger partial charge in [0.25, 0.3) is 5.91 Å². The molecular formula is C14H13BrN2O2. The highest BCUT2D eigenvalue weighted by Crippen LogP contribution is 2.12. The number of hydrogen-bond acceptors (Lipinski definition) is 3. The Morgan fingerprint density at radius 3 is 2.84 bits per heavy atom. The summed E-state index contributed by atoms with van der Waals surface area (Å²) in [6, 6.07) is 12.8. The van der Waals surface area contributed by atoms with Crippen molar-refractivity contribution in [1.29, 1.82) is 0 Å². The van der Waals surface area contributed by atoms with Crippen LogP contribution in [0.2, 0.25) is 0 Å². The second kappa shape index (κ2) is 6.33. The van der Waals surface area contributed by atoms with E-state index >= 15 is 0 Å². The van der Waals surface area contributed by atoms with Gasteiger partial charge in [-0.25, -0.2) is 4.98 Å². The van der Waals surface area contributed by atoms with Crippen molar-refractivity contribution in [1.82, 2.24) is 10.3 Å². The summed E-state index contributed by atoms with van der Waals surface area (Å²) >= 11 is 3.24. The summed E-state index contributed by atoms with van der Waals surface area (Å²) in [6.45, 7) is 0.435. The van der Waals surface area contributed by atoms with Gasteiger partial charge in [-0.1, -0.05) is 18.2 Å². The van der Waals surface area contributed by atoms with Crippen LogP contribution in [0.4, 0.5) is 0 Å². The fourth-order valence-electron chi connectivity index (χ4n) is 1.59. The zero-order valence-corrected chi connectivity index (χ0v) is 12.0. The molecule has 0 saturated carbocycles. The van der Waals surface area contributed by atoms with Crippen molar-refractivity contribution in [3.05, 3.63) is 58.3 Å². The normalized spacial score (nSPS) is 10.0. The first-order chi connectivity index (χ1) is 9.19. The smallest absolute Gasteiger partial charge is 0.270 e. The van der Waals surface area contributed by atoms with E-state index in [4.69, 9.17) is 4.74 Å². The van der Waals surface area contributed by atoms with Crippen LogP contribution in [0.1, 0.15) is 16.1 Å². The Morgan fingerprint density at radius 2 is 2.11 bits per heavy atom. The van der Waals surface area contributed by atoms with Gasteiger partial charge in [0.15, 0.2) is 0 Å². The van der Waals surface area contributed by atoms with Crippen LogP contribution in [0.25, 0.3) is 0 Å². The Hall–Kier alpha value is -1.88. The first kappa shape index (κ1) is 13.5. The molecule has 0 saturated heterocycles. The van der Waals surface area contributed by atoms with Crippen molar-refractivity contribution in [3.63, 3.8) is 0 Å². The van der Waals surface area contributed by atoms with Gasteiger partial charge in [0, 0.05) is 6.54 Å². The molecule has 0 radical (unpaired) electrons. The summed E-state index contributed by atoms with van der Waals surface area (Å²) in [5.74, 6) is 0.566. The number of carbonyl (C=O) groups excluding carboxylic acids is 1. The molecule has 0 bridgehead atoms. The first-order valence-electron chi connectivity index (χ1n) is 5.73. The van der Waals surface area contributed by atoms with Crippen LogP contribution in [0.15, 0.2) is 47.1 Å². The van der Waals surface area contributed by atoms with Crippen molar-refractivity contribution in [2.24, 2.45) is 0 Å². The molecular weight excluding hydrogens is 308 g/mol. The van der Waals surface area contributed by atoms with Gasteiger partial charge in [-0.2, -0.15) is 0 Å². The molecule has 1 heterocycles. The number of rotatable bonds is 4. The van der Waals surface area contributed by atoms with Crippen LogP contribution in [-0.2, 0) is 6.54 Å². The van der Waals surface area contributed by atoms with E-state index in [2.05, 4.69) is 26.2 Å². The lowest BCUT2D eigenvalue weighted by Crippen LogP contribution is -2.23. The Balaban J connectivity index is 2.00. The number of carbonyl (C=O) groups is 1. The van der Waals surface area contributed by atoms with E-state index in [0.717, 1.165) is 11.3 Å². The highest BCUT2D eigenvalue weighted by Gasteiger charge is 2.07. The molecule has 2 rings (SSSR count). The van der Waals surface area contributed by atoms with Crippen LogP contribution in [0.3, 0.4) is 0 Å². The number of halogens is 1. The zero-order valence-electron chi connectivity index (χ0n) is 10.4. The standard InChI is InChI=1S/C14H13BrN2O2/c1-19-11-5-2-4-10(8-11)9-16-14(18)12-6-3-7-13(15)17-12/h2-8H,9H2,1H3,(H,16,18). The maximum Gasteiger partial charge on any atom is 0.270 e. The topological polar surface area (TPSA) is 51.2 Å². The average Bonchev–Trinajstić information content (AvgIpc) is 2.45. The lowest BCUT2D eigenvalue weighted by molar-refractivity contribution is 0.0945. The van der Waals surface area contributed by atoms with Crippen LogP contribution < -0.4 is 10.1 Å².